The summed E-state index contributed by atoms with van der Waals surface area (Å²) >= 11 is 0. The van der Waals surface area contributed by atoms with E-state index in [1.165, 1.54) is 12.5 Å². The van der Waals surface area contributed by atoms with Gasteiger partial charge in [-0.25, -0.2) is 19.9 Å². The number of rotatable bonds is 6. The zero-order chi connectivity index (χ0) is 21.7. The van der Waals surface area contributed by atoms with Crippen molar-refractivity contribution in [3.8, 4) is 6.07 Å². The van der Waals surface area contributed by atoms with Crippen LogP contribution in [0.2, 0.25) is 0 Å². The molecule has 0 fully saturated rings. The number of anilines is 2. The first-order valence-corrected chi connectivity index (χ1v) is 9.13. The number of aromatic nitrogens is 4. The second-order valence-corrected chi connectivity index (χ2v) is 8.56. The van der Waals surface area contributed by atoms with Crippen LogP contribution >= 0.6 is 0 Å². The van der Waals surface area contributed by atoms with Crippen molar-refractivity contribution in [1.82, 2.24) is 19.9 Å². The minimum absolute atomic E-state index is 0.0568. The maximum Gasteiger partial charge on any atom is 0.226 e. The van der Waals surface area contributed by atoms with Crippen LogP contribution < -0.4 is 10.6 Å². The number of carbonyl (C=O) groups excluding carboxylic acids is 2. The highest BCUT2D eigenvalue weighted by Crippen LogP contribution is 2.26. The Kier molecular flexibility index (Phi) is 6.59. The van der Waals surface area contributed by atoms with Gasteiger partial charge in [0.1, 0.15) is 29.6 Å². The molecule has 2 N–H and O–H groups in total. The standard InChI is InChI=1S/C20H25N7O2/c1-19(2,3)8-15(28)25-14-6-7-23-18(26-14)20(4,5)9-16(29)27-17-13(10-21)11-22-12-24-17/h6-7,11-12H,8-9H2,1-5H3,(H,22,24,27,29)(H,23,25,26,28). The molecule has 9 heteroatoms. The fraction of sp³-hybridized carbons (Fsp3) is 0.450. The molecule has 29 heavy (non-hydrogen) atoms. The zero-order valence-corrected chi connectivity index (χ0v) is 17.3. The molecule has 0 radical (unpaired) electrons. The normalized spacial score (nSPS) is 11.4. The van der Waals surface area contributed by atoms with Gasteiger partial charge in [-0.05, 0) is 11.5 Å². The Labute approximate surface area is 170 Å². The largest absolute Gasteiger partial charge is 0.311 e. The summed E-state index contributed by atoms with van der Waals surface area (Å²) in [5.41, 5.74) is -0.673. The molecule has 0 aliphatic rings. The predicted molar refractivity (Wildman–Crippen MR) is 108 cm³/mol. The van der Waals surface area contributed by atoms with E-state index < -0.39 is 5.41 Å². The van der Waals surface area contributed by atoms with E-state index in [-0.39, 0.29) is 35.0 Å². The first kappa shape index (κ1) is 21.9. The monoisotopic (exact) mass is 395 g/mol. The highest BCUT2D eigenvalue weighted by atomic mass is 16.2. The molecule has 2 amide bonds. The molecule has 2 rings (SSSR count). The van der Waals surface area contributed by atoms with E-state index >= 15 is 0 Å². The first-order valence-electron chi connectivity index (χ1n) is 9.13. The third kappa shape index (κ3) is 6.60. The van der Waals surface area contributed by atoms with Crippen molar-refractivity contribution >= 4 is 23.5 Å². The van der Waals surface area contributed by atoms with E-state index in [1.54, 1.807) is 12.3 Å². The Bertz CT molecular complexity index is 942. The molecule has 2 heterocycles. The average Bonchev–Trinajstić information content (AvgIpc) is 2.60. The second kappa shape index (κ2) is 8.73. The lowest BCUT2D eigenvalue weighted by Crippen LogP contribution is -2.29. The predicted octanol–water partition coefficient (Wildman–Crippen LogP) is 2.82. The summed E-state index contributed by atoms with van der Waals surface area (Å²) in [7, 11) is 0. The number of amides is 2. The molecule has 0 saturated heterocycles. The van der Waals surface area contributed by atoms with Crippen LogP contribution in [0.1, 0.15) is 58.8 Å². The van der Waals surface area contributed by atoms with E-state index in [4.69, 9.17) is 5.26 Å². The molecule has 0 spiro atoms. The van der Waals surface area contributed by atoms with Crippen molar-refractivity contribution in [3.05, 3.63) is 36.2 Å². The number of hydrogen-bond donors (Lipinski definition) is 2. The summed E-state index contributed by atoms with van der Waals surface area (Å²) in [5.74, 6) is 0.499. The summed E-state index contributed by atoms with van der Waals surface area (Å²) in [5, 5.41) is 14.5. The first-order chi connectivity index (χ1) is 13.5. The lowest BCUT2D eigenvalue weighted by molar-refractivity contribution is -0.118. The SMILES string of the molecule is CC(C)(C)CC(=O)Nc1ccnc(C(C)(C)CC(=O)Nc2ncncc2C#N)n1. The van der Waals surface area contributed by atoms with Gasteiger partial charge in [0.15, 0.2) is 5.82 Å². The smallest absolute Gasteiger partial charge is 0.226 e. The van der Waals surface area contributed by atoms with Crippen molar-refractivity contribution in [1.29, 1.82) is 5.26 Å². The maximum absolute atomic E-state index is 12.5. The van der Waals surface area contributed by atoms with Gasteiger partial charge in [-0.2, -0.15) is 5.26 Å². The fourth-order valence-electron chi connectivity index (χ4n) is 2.59. The number of hydrogen-bond acceptors (Lipinski definition) is 7. The van der Waals surface area contributed by atoms with Gasteiger partial charge in [-0.1, -0.05) is 34.6 Å². The van der Waals surface area contributed by atoms with Gasteiger partial charge in [0.25, 0.3) is 0 Å². The Morgan fingerprint density at radius 3 is 2.41 bits per heavy atom. The van der Waals surface area contributed by atoms with Crippen molar-refractivity contribution in [3.63, 3.8) is 0 Å². The number of nitrogens with zero attached hydrogens (tertiary/aromatic N) is 5. The second-order valence-electron chi connectivity index (χ2n) is 8.56. The summed E-state index contributed by atoms with van der Waals surface area (Å²) in [6, 6.07) is 3.54. The van der Waals surface area contributed by atoms with Gasteiger partial charge in [0, 0.05) is 24.5 Å². The minimum Gasteiger partial charge on any atom is -0.311 e. The molecule has 0 atom stereocenters. The zero-order valence-electron chi connectivity index (χ0n) is 17.3. The molecule has 0 aliphatic heterocycles. The van der Waals surface area contributed by atoms with Gasteiger partial charge < -0.3 is 10.6 Å². The van der Waals surface area contributed by atoms with Crippen LogP contribution in [0.4, 0.5) is 11.6 Å². The lowest BCUT2D eigenvalue weighted by Gasteiger charge is -2.23. The quantitative estimate of drug-likeness (QED) is 0.768. The van der Waals surface area contributed by atoms with Crippen molar-refractivity contribution in [2.24, 2.45) is 5.41 Å². The van der Waals surface area contributed by atoms with Gasteiger partial charge in [0.05, 0.1) is 6.20 Å². The maximum atomic E-state index is 12.5. The van der Waals surface area contributed by atoms with Gasteiger partial charge in [-0.15, -0.1) is 0 Å². The van der Waals surface area contributed by atoms with E-state index in [1.807, 2.05) is 40.7 Å². The van der Waals surface area contributed by atoms with Crippen LogP contribution in [0.25, 0.3) is 0 Å². The molecule has 152 valence electrons. The molecule has 9 nitrogen and oxygen atoms in total. The highest BCUT2D eigenvalue weighted by Gasteiger charge is 2.28. The molecule has 2 aromatic heterocycles. The summed E-state index contributed by atoms with van der Waals surface area (Å²) in [6.45, 7) is 9.60. The summed E-state index contributed by atoms with van der Waals surface area (Å²) < 4.78 is 0. The van der Waals surface area contributed by atoms with Crippen LogP contribution in [0.3, 0.4) is 0 Å². The van der Waals surface area contributed by atoms with Gasteiger partial charge >= 0.3 is 0 Å². The minimum atomic E-state index is -0.714. The molecular weight excluding hydrogens is 370 g/mol. The number of carbonyl (C=O) groups is 2. The molecule has 2 aromatic rings. The van der Waals surface area contributed by atoms with E-state index in [0.29, 0.717) is 18.1 Å². The van der Waals surface area contributed by atoms with Crippen molar-refractivity contribution < 1.29 is 9.59 Å². The average molecular weight is 395 g/mol. The van der Waals surface area contributed by atoms with Crippen LogP contribution in [-0.2, 0) is 15.0 Å². The Hall–Kier alpha value is -3.41. The lowest BCUT2D eigenvalue weighted by atomic mass is 9.88. The van der Waals surface area contributed by atoms with Crippen LogP contribution in [0.15, 0.2) is 24.8 Å². The highest BCUT2D eigenvalue weighted by molar-refractivity contribution is 5.92. The van der Waals surface area contributed by atoms with Crippen LogP contribution in [-0.4, -0.2) is 31.8 Å². The molecular formula is C20H25N7O2. The third-order valence-corrected chi connectivity index (χ3v) is 3.91. The number of nitriles is 1. The van der Waals surface area contributed by atoms with E-state index in [2.05, 4.69) is 30.6 Å². The van der Waals surface area contributed by atoms with Crippen LogP contribution in [0, 0.1) is 16.7 Å². The Balaban J connectivity index is 2.09. The fourth-order valence-corrected chi connectivity index (χ4v) is 2.59. The summed E-state index contributed by atoms with van der Waals surface area (Å²) in [6.07, 6.45) is 4.56. The Morgan fingerprint density at radius 1 is 1.07 bits per heavy atom. The Morgan fingerprint density at radius 2 is 1.76 bits per heavy atom. The van der Waals surface area contributed by atoms with E-state index in [9.17, 15) is 9.59 Å². The molecule has 0 unspecified atom stereocenters. The number of nitrogens with one attached hydrogen (secondary N) is 2. The third-order valence-electron chi connectivity index (χ3n) is 3.91. The summed E-state index contributed by atoms with van der Waals surface area (Å²) in [4.78, 5) is 41.0. The van der Waals surface area contributed by atoms with Crippen molar-refractivity contribution in [2.75, 3.05) is 10.6 Å². The molecule has 0 aliphatic carbocycles. The van der Waals surface area contributed by atoms with Gasteiger partial charge in [-0.3, -0.25) is 9.59 Å². The molecule has 0 saturated carbocycles. The molecule has 0 bridgehead atoms. The topological polar surface area (TPSA) is 134 Å². The van der Waals surface area contributed by atoms with Gasteiger partial charge in [0.2, 0.25) is 11.8 Å². The van der Waals surface area contributed by atoms with Crippen molar-refractivity contribution in [2.45, 2.75) is 52.9 Å². The van der Waals surface area contributed by atoms with E-state index in [0.717, 1.165) is 0 Å². The van der Waals surface area contributed by atoms with Crippen LogP contribution in [0.5, 0.6) is 0 Å². The molecule has 0 aromatic carbocycles.